The van der Waals surface area contributed by atoms with Gasteiger partial charge in [-0.15, -0.1) is 0 Å². The van der Waals surface area contributed by atoms with Gasteiger partial charge in [0.1, 0.15) is 29.0 Å². The first kappa shape index (κ1) is 28.7. The zero-order valence-corrected chi connectivity index (χ0v) is 25.2. The van der Waals surface area contributed by atoms with Crippen LogP contribution in [0.4, 0.5) is 5.82 Å². The number of anilines is 1. The number of ketones is 1. The number of benzene rings is 3. The molecule has 4 bridgehead atoms. The molecule has 1 aromatic heterocycles. The Labute approximate surface area is 261 Å². The van der Waals surface area contributed by atoms with Crippen LogP contribution in [0.1, 0.15) is 58.1 Å². The highest BCUT2D eigenvalue weighted by atomic mass is 16.5. The fourth-order valence-electron chi connectivity index (χ4n) is 6.66. The van der Waals surface area contributed by atoms with Gasteiger partial charge in [0.05, 0.1) is 31.1 Å². The number of aryl methyl sites for hydroxylation is 1. The van der Waals surface area contributed by atoms with E-state index < -0.39 is 17.8 Å². The summed E-state index contributed by atoms with van der Waals surface area (Å²) in [5.41, 5.74) is 5.33. The molecule has 0 saturated carbocycles. The number of hydrogen-bond acceptors (Lipinski definition) is 8. The van der Waals surface area contributed by atoms with Crippen molar-refractivity contribution >= 4 is 11.6 Å². The fourth-order valence-corrected chi connectivity index (χ4v) is 6.66. The number of methoxy groups -OCH3 is 1. The number of hydrogen-bond donors (Lipinski definition) is 5. The lowest BCUT2D eigenvalue weighted by Crippen LogP contribution is -2.50. The number of aromatic nitrogens is 1. The Hall–Kier alpha value is -5.07. The molecule has 9 heteroatoms. The molecule has 3 atom stereocenters. The summed E-state index contributed by atoms with van der Waals surface area (Å²) in [7, 11) is 1.34. The molecule has 3 aromatic carbocycles. The van der Waals surface area contributed by atoms with E-state index >= 15 is 0 Å². The summed E-state index contributed by atoms with van der Waals surface area (Å²) in [6, 6.07) is 16.8. The van der Waals surface area contributed by atoms with Gasteiger partial charge in [0.25, 0.3) is 0 Å². The molecule has 3 aliphatic rings. The van der Waals surface area contributed by atoms with Crippen LogP contribution < -0.4 is 19.7 Å². The molecule has 0 spiro atoms. The number of phenolic OH excluding ortho intramolecular Hbond substituents is 3. The number of carbonyl (C=O) groups is 1. The van der Waals surface area contributed by atoms with Crippen molar-refractivity contribution < 1.29 is 29.6 Å². The molecule has 230 valence electrons. The Morgan fingerprint density at radius 2 is 1.87 bits per heavy atom. The van der Waals surface area contributed by atoms with Crippen LogP contribution in [0.5, 0.6) is 28.7 Å². The predicted octanol–water partition coefficient (Wildman–Crippen LogP) is 5.20. The van der Waals surface area contributed by atoms with Gasteiger partial charge in [-0.1, -0.05) is 55.2 Å². The third kappa shape index (κ3) is 5.11. The van der Waals surface area contributed by atoms with Crippen molar-refractivity contribution in [2.45, 2.75) is 44.2 Å². The maximum Gasteiger partial charge on any atom is 0.204 e. The van der Waals surface area contributed by atoms with Gasteiger partial charge in [-0.2, -0.15) is 0 Å². The molecular weight excluding hydrogens is 570 g/mol. The zero-order valence-electron chi connectivity index (χ0n) is 25.2. The molecule has 9 nitrogen and oxygen atoms in total. The Morgan fingerprint density at radius 1 is 1.04 bits per heavy atom. The molecule has 0 radical (unpaired) electrons. The summed E-state index contributed by atoms with van der Waals surface area (Å²) in [5, 5.41) is 36.1. The van der Waals surface area contributed by atoms with Crippen LogP contribution >= 0.6 is 0 Å². The lowest BCUT2D eigenvalue weighted by molar-refractivity contribution is 0.0840. The number of nitrogens with one attached hydrogen (secondary N) is 2. The van der Waals surface area contributed by atoms with Gasteiger partial charge in [-0.3, -0.25) is 4.79 Å². The highest BCUT2D eigenvalue weighted by molar-refractivity contribution is 6.04. The Balaban J connectivity index is 1.40. The number of fused-ring (bicyclic) bond motifs is 8. The second-order valence-electron chi connectivity index (χ2n) is 11.8. The van der Waals surface area contributed by atoms with Crippen LogP contribution in [0.2, 0.25) is 0 Å². The van der Waals surface area contributed by atoms with Crippen molar-refractivity contribution in [3.63, 3.8) is 0 Å². The monoisotopic (exact) mass is 605 g/mol. The van der Waals surface area contributed by atoms with Gasteiger partial charge in [0.2, 0.25) is 5.75 Å². The molecule has 3 aliphatic heterocycles. The minimum Gasteiger partial charge on any atom is -0.508 e. The first-order valence-electron chi connectivity index (χ1n) is 15.3. The number of H-pyrrole nitrogens is 1. The lowest BCUT2D eigenvalue weighted by atomic mass is 9.85. The summed E-state index contributed by atoms with van der Waals surface area (Å²) in [6.45, 7) is 4.38. The number of Topliss-reactive ketones (excluding diaryl/α,β-unsaturated/α-hetero) is 1. The van der Waals surface area contributed by atoms with Crippen LogP contribution in [0, 0.1) is 11.8 Å². The van der Waals surface area contributed by atoms with Gasteiger partial charge in [-0.25, -0.2) is 0 Å². The van der Waals surface area contributed by atoms with Gasteiger partial charge in [0.15, 0.2) is 17.3 Å². The van der Waals surface area contributed by atoms with E-state index in [-0.39, 0.29) is 46.8 Å². The molecular formula is C36H35N3O6. The van der Waals surface area contributed by atoms with Gasteiger partial charge in [0, 0.05) is 30.9 Å². The number of ether oxygens (including phenoxy) is 2. The number of nitrogens with zero attached hydrogens (tertiary/aromatic N) is 1. The van der Waals surface area contributed by atoms with E-state index in [4.69, 9.17) is 9.47 Å². The van der Waals surface area contributed by atoms with Crippen molar-refractivity contribution in [1.82, 2.24) is 10.3 Å². The molecule has 5 N–H and O–H groups in total. The van der Waals surface area contributed by atoms with Crippen LogP contribution in [0.25, 0.3) is 11.1 Å². The minimum absolute atomic E-state index is 0.0256. The lowest BCUT2D eigenvalue weighted by Gasteiger charge is -2.33. The molecule has 4 heterocycles. The summed E-state index contributed by atoms with van der Waals surface area (Å²) >= 11 is 0. The molecule has 45 heavy (non-hydrogen) atoms. The van der Waals surface area contributed by atoms with Crippen LogP contribution in [-0.2, 0) is 12.8 Å². The van der Waals surface area contributed by atoms with Crippen molar-refractivity contribution in [3.05, 3.63) is 82.5 Å². The van der Waals surface area contributed by atoms with Crippen molar-refractivity contribution in [3.8, 4) is 51.7 Å². The summed E-state index contributed by atoms with van der Waals surface area (Å²) < 4.78 is 11.9. The topological polar surface area (TPSA) is 127 Å². The first-order chi connectivity index (χ1) is 21.8. The first-order valence-corrected chi connectivity index (χ1v) is 15.3. The van der Waals surface area contributed by atoms with E-state index in [9.17, 15) is 20.1 Å². The molecule has 4 aromatic rings. The van der Waals surface area contributed by atoms with E-state index in [1.807, 2.05) is 12.1 Å². The van der Waals surface area contributed by atoms with Gasteiger partial charge in [-0.05, 0) is 47.7 Å². The summed E-state index contributed by atoms with van der Waals surface area (Å²) in [4.78, 5) is 19.6. The number of piperazine rings is 1. The van der Waals surface area contributed by atoms with Crippen LogP contribution in [-0.4, -0.2) is 58.9 Å². The number of aromatic hydroxyl groups is 3. The standard InChI is InChI=1S/C36H35N3O6/c1-3-24-17-27-22-6-4-5-20(15-22)16-23(7-10-25-19-39(14-13-37-25)36(27)38-24)30-32(42)35(44-2)33(43)31-28(41)18-29(45-34(30)31)21-8-11-26(40)12-9-21/h4-6,8-9,11-12,15,17,23,25,29,37-38,40,42-43H,3,13-14,16,18-19H2,1-2H3. The molecule has 1 saturated heterocycles. The van der Waals surface area contributed by atoms with E-state index in [0.29, 0.717) is 24.1 Å². The highest BCUT2D eigenvalue weighted by Crippen LogP contribution is 2.54. The number of aromatic amines is 1. The average Bonchev–Trinajstić information content (AvgIpc) is 3.48. The molecule has 7 rings (SSSR count). The predicted molar refractivity (Wildman–Crippen MR) is 171 cm³/mol. The normalized spacial score (nSPS) is 20.4. The molecule has 0 amide bonds. The van der Waals surface area contributed by atoms with Crippen molar-refractivity contribution in [2.75, 3.05) is 31.6 Å². The van der Waals surface area contributed by atoms with Crippen molar-refractivity contribution in [1.29, 1.82) is 0 Å². The fraction of sp³-hybridized carbons (Fsp3) is 0.306. The maximum absolute atomic E-state index is 13.6. The van der Waals surface area contributed by atoms with Crippen LogP contribution in [0.15, 0.2) is 54.6 Å². The zero-order chi connectivity index (χ0) is 31.2. The van der Waals surface area contributed by atoms with E-state index in [2.05, 4.69) is 52.2 Å². The Bertz CT molecular complexity index is 1850. The quantitative estimate of drug-likeness (QED) is 0.201. The average molecular weight is 606 g/mol. The second kappa shape index (κ2) is 11.5. The van der Waals surface area contributed by atoms with Crippen LogP contribution in [0.3, 0.4) is 0 Å². The Kier molecular flexibility index (Phi) is 7.30. The van der Waals surface area contributed by atoms with E-state index in [1.165, 1.54) is 19.2 Å². The maximum atomic E-state index is 13.6. The van der Waals surface area contributed by atoms with Crippen molar-refractivity contribution in [2.24, 2.45) is 0 Å². The molecule has 3 unspecified atom stereocenters. The number of phenols is 3. The largest absolute Gasteiger partial charge is 0.508 e. The molecule has 0 aliphatic carbocycles. The highest BCUT2D eigenvalue weighted by Gasteiger charge is 2.38. The number of rotatable bonds is 4. The van der Waals surface area contributed by atoms with E-state index in [0.717, 1.165) is 47.7 Å². The van der Waals surface area contributed by atoms with E-state index in [1.54, 1.807) is 12.1 Å². The van der Waals surface area contributed by atoms with Gasteiger partial charge >= 0.3 is 0 Å². The van der Waals surface area contributed by atoms with Gasteiger partial charge < -0.3 is 40.0 Å². The minimum atomic E-state index is -0.688. The number of carbonyl (C=O) groups excluding carboxylic acids is 1. The SMILES string of the molecule is CCc1cc2c([nH]1)N1CCNC(C#CC(c3c(O)c(OC)c(O)c4c3OC(c3ccc(O)cc3)CC4=O)Cc3cccc-2c3)C1. The second-order valence-corrected chi connectivity index (χ2v) is 11.8. The third-order valence-electron chi connectivity index (χ3n) is 8.96. The molecule has 1 fully saturated rings. The summed E-state index contributed by atoms with van der Waals surface area (Å²) in [6.07, 6.45) is 0.582. The Morgan fingerprint density at radius 3 is 2.64 bits per heavy atom. The smallest absolute Gasteiger partial charge is 0.204 e. The third-order valence-corrected chi connectivity index (χ3v) is 8.96. The summed E-state index contributed by atoms with van der Waals surface area (Å²) in [5.74, 6) is 6.24.